The monoisotopic (exact) mass is 406 g/mol. The molecule has 1 saturated heterocycles. The topological polar surface area (TPSA) is 58.4 Å². The van der Waals surface area contributed by atoms with Crippen molar-refractivity contribution >= 4 is 22.2 Å². The Bertz CT molecular complexity index is 1380. The maximum atomic E-state index is 4.98. The summed E-state index contributed by atoms with van der Waals surface area (Å²) in [4.78, 5) is 12.0. The lowest BCUT2D eigenvalue weighted by Gasteiger charge is -2.31. The zero-order valence-corrected chi connectivity index (χ0v) is 17.1. The van der Waals surface area contributed by atoms with E-state index in [9.17, 15) is 0 Å². The predicted octanol–water partition coefficient (Wildman–Crippen LogP) is 4.02. The van der Waals surface area contributed by atoms with Gasteiger partial charge in [-0.2, -0.15) is 5.10 Å². The van der Waals surface area contributed by atoms with Gasteiger partial charge in [0.05, 0.1) is 23.0 Å². The van der Waals surface area contributed by atoms with Crippen molar-refractivity contribution in [3.8, 4) is 22.4 Å². The lowest BCUT2D eigenvalue weighted by molar-refractivity contribution is 0.589. The Hall–Kier alpha value is -3.77. The van der Waals surface area contributed by atoms with Gasteiger partial charge < -0.3 is 10.2 Å². The summed E-state index contributed by atoms with van der Waals surface area (Å²) in [5, 5.41) is 9.07. The van der Waals surface area contributed by atoms with E-state index in [2.05, 4.69) is 68.8 Å². The van der Waals surface area contributed by atoms with Crippen molar-refractivity contribution in [2.24, 2.45) is 0 Å². The van der Waals surface area contributed by atoms with Crippen LogP contribution in [0.25, 0.3) is 38.9 Å². The maximum Gasteiger partial charge on any atom is 0.164 e. The van der Waals surface area contributed by atoms with E-state index < -0.39 is 0 Å². The minimum absolute atomic E-state index is 0.812. The van der Waals surface area contributed by atoms with E-state index in [1.165, 1.54) is 16.8 Å². The SMILES string of the molecule is c1ccc(N2CCNCC2)c(-c2cc(-c3cnn4cccnc34)nc3ccccc23)c1. The summed E-state index contributed by atoms with van der Waals surface area (Å²) in [5.74, 6) is 0. The van der Waals surface area contributed by atoms with E-state index >= 15 is 0 Å². The molecule has 0 saturated carbocycles. The van der Waals surface area contributed by atoms with Crippen LogP contribution in [0.15, 0.2) is 79.3 Å². The highest BCUT2D eigenvalue weighted by atomic mass is 15.2. The van der Waals surface area contributed by atoms with E-state index in [0.717, 1.165) is 54.0 Å². The lowest BCUT2D eigenvalue weighted by Crippen LogP contribution is -2.43. The van der Waals surface area contributed by atoms with E-state index in [0.29, 0.717) is 0 Å². The Morgan fingerprint density at radius 1 is 0.839 bits per heavy atom. The number of nitrogens with zero attached hydrogens (tertiary/aromatic N) is 5. The molecule has 0 bridgehead atoms. The van der Waals surface area contributed by atoms with Crippen LogP contribution in [0.4, 0.5) is 5.69 Å². The third-order valence-electron chi connectivity index (χ3n) is 5.92. The fourth-order valence-electron chi connectivity index (χ4n) is 4.43. The molecule has 1 N–H and O–H groups in total. The van der Waals surface area contributed by atoms with Gasteiger partial charge >= 0.3 is 0 Å². The summed E-state index contributed by atoms with van der Waals surface area (Å²) >= 11 is 0. The standard InChI is InChI=1S/C25H22N6/c1-3-8-22-18(6-1)20(19-7-2-4-9-24(19)30-14-11-26-12-15-30)16-23(29-22)21-17-28-31-13-5-10-27-25(21)31/h1-10,13,16-17,26H,11-12,14-15H2. The summed E-state index contributed by atoms with van der Waals surface area (Å²) in [6.45, 7) is 4.02. The molecule has 3 aromatic heterocycles. The number of rotatable bonds is 3. The van der Waals surface area contributed by atoms with Gasteiger partial charge in [0.25, 0.3) is 0 Å². The summed E-state index contributed by atoms with van der Waals surface area (Å²) in [6.07, 6.45) is 5.56. The van der Waals surface area contributed by atoms with Crippen LogP contribution < -0.4 is 10.2 Å². The maximum absolute atomic E-state index is 4.98. The quantitative estimate of drug-likeness (QED) is 0.490. The summed E-state index contributed by atoms with van der Waals surface area (Å²) in [5.41, 5.74) is 7.29. The molecule has 1 fully saturated rings. The van der Waals surface area contributed by atoms with Gasteiger partial charge in [0.2, 0.25) is 0 Å². The van der Waals surface area contributed by atoms with Crippen LogP contribution in [-0.4, -0.2) is 45.8 Å². The molecule has 6 rings (SSSR count). The van der Waals surface area contributed by atoms with Gasteiger partial charge in [-0.25, -0.2) is 14.5 Å². The number of hydrogen-bond acceptors (Lipinski definition) is 5. The molecular formula is C25H22N6. The third kappa shape index (κ3) is 3.12. The number of anilines is 1. The third-order valence-corrected chi connectivity index (χ3v) is 5.92. The minimum atomic E-state index is 0.812. The summed E-state index contributed by atoms with van der Waals surface area (Å²) in [7, 11) is 0. The Morgan fingerprint density at radius 3 is 2.61 bits per heavy atom. The number of hydrogen-bond donors (Lipinski definition) is 1. The first-order valence-corrected chi connectivity index (χ1v) is 10.6. The van der Waals surface area contributed by atoms with Crippen LogP contribution in [0, 0.1) is 0 Å². The van der Waals surface area contributed by atoms with Gasteiger partial charge in [0.1, 0.15) is 0 Å². The number of fused-ring (bicyclic) bond motifs is 2. The molecule has 2 aromatic carbocycles. The molecule has 6 heteroatoms. The molecule has 152 valence electrons. The number of piperazine rings is 1. The molecule has 31 heavy (non-hydrogen) atoms. The average molecular weight is 406 g/mol. The largest absolute Gasteiger partial charge is 0.368 e. The van der Waals surface area contributed by atoms with Crippen molar-refractivity contribution in [3.05, 3.63) is 79.3 Å². The van der Waals surface area contributed by atoms with Gasteiger partial charge in [-0.05, 0) is 29.8 Å². The van der Waals surface area contributed by atoms with Gasteiger partial charge in [0, 0.05) is 55.2 Å². The molecule has 5 aromatic rings. The van der Waals surface area contributed by atoms with E-state index in [1.54, 1.807) is 10.7 Å². The van der Waals surface area contributed by atoms with Crippen LogP contribution in [0.3, 0.4) is 0 Å². The van der Waals surface area contributed by atoms with Crippen LogP contribution >= 0.6 is 0 Å². The highest BCUT2D eigenvalue weighted by Crippen LogP contribution is 2.38. The fourth-order valence-corrected chi connectivity index (χ4v) is 4.43. The Kier molecular flexibility index (Phi) is 4.35. The summed E-state index contributed by atoms with van der Waals surface area (Å²) in [6, 6.07) is 21.1. The molecular weight excluding hydrogens is 384 g/mol. The smallest absolute Gasteiger partial charge is 0.164 e. The Morgan fingerprint density at radius 2 is 1.68 bits per heavy atom. The van der Waals surface area contributed by atoms with Crippen LogP contribution in [0.1, 0.15) is 0 Å². The fraction of sp³-hybridized carbons (Fsp3) is 0.160. The van der Waals surface area contributed by atoms with Gasteiger partial charge in [-0.1, -0.05) is 36.4 Å². The first-order valence-electron chi connectivity index (χ1n) is 10.6. The van der Waals surface area contributed by atoms with Crippen molar-refractivity contribution in [1.82, 2.24) is 24.9 Å². The first kappa shape index (κ1) is 18.0. The first-order chi connectivity index (χ1) is 15.4. The molecule has 0 aliphatic carbocycles. The molecule has 0 unspecified atom stereocenters. The van der Waals surface area contributed by atoms with Crippen molar-refractivity contribution in [3.63, 3.8) is 0 Å². The second-order valence-corrected chi connectivity index (χ2v) is 7.77. The molecule has 1 aliphatic heterocycles. The van der Waals surface area contributed by atoms with Gasteiger partial charge in [-0.3, -0.25) is 0 Å². The molecule has 0 amide bonds. The second-order valence-electron chi connectivity index (χ2n) is 7.77. The highest BCUT2D eigenvalue weighted by Gasteiger charge is 2.18. The molecule has 0 atom stereocenters. The van der Waals surface area contributed by atoms with E-state index in [-0.39, 0.29) is 0 Å². The molecule has 0 radical (unpaired) electrons. The number of benzene rings is 2. The minimum Gasteiger partial charge on any atom is -0.368 e. The van der Waals surface area contributed by atoms with E-state index in [4.69, 9.17) is 4.98 Å². The van der Waals surface area contributed by atoms with Crippen molar-refractivity contribution in [1.29, 1.82) is 0 Å². The normalized spacial score (nSPS) is 14.4. The van der Waals surface area contributed by atoms with Crippen LogP contribution in [0.2, 0.25) is 0 Å². The van der Waals surface area contributed by atoms with Gasteiger partial charge in [0.15, 0.2) is 5.65 Å². The average Bonchev–Trinajstić information content (AvgIpc) is 3.28. The Balaban J connectivity index is 1.59. The van der Waals surface area contributed by atoms with E-state index in [1.807, 2.05) is 24.5 Å². The zero-order valence-electron chi connectivity index (χ0n) is 17.1. The van der Waals surface area contributed by atoms with Crippen molar-refractivity contribution < 1.29 is 0 Å². The summed E-state index contributed by atoms with van der Waals surface area (Å²) < 4.78 is 1.79. The molecule has 6 nitrogen and oxygen atoms in total. The Labute approximate surface area is 180 Å². The van der Waals surface area contributed by atoms with Crippen molar-refractivity contribution in [2.75, 3.05) is 31.1 Å². The second kappa shape index (κ2) is 7.49. The van der Waals surface area contributed by atoms with Gasteiger partial charge in [-0.15, -0.1) is 0 Å². The predicted molar refractivity (Wildman–Crippen MR) is 124 cm³/mol. The molecule has 0 spiro atoms. The molecule has 4 heterocycles. The van der Waals surface area contributed by atoms with Crippen molar-refractivity contribution in [2.45, 2.75) is 0 Å². The zero-order chi connectivity index (χ0) is 20.6. The van der Waals surface area contributed by atoms with Crippen LogP contribution in [-0.2, 0) is 0 Å². The number of nitrogens with one attached hydrogen (secondary N) is 1. The van der Waals surface area contributed by atoms with Crippen LogP contribution in [0.5, 0.6) is 0 Å². The molecule has 1 aliphatic rings. The lowest BCUT2D eigenvalue weighted by atomic mass is 9.96. The number of para-hydroxylation sites is 2. The highest BCUT2D eigenvalue weighted by molar-refractivity contribution is 6.00. The number of aromatic nitrogens is 4. The number of pyridine rings is 1.